The minimum absolute atomic E-state index is 0.0892. The highest BCUT2D eigenvalue weighted by Crippen LogP contribution is 2.60. The fourth-order valence-electron chi connectivity index (χ4n) is 8.20. The van der Waals surface area contributed by atoms with Crippen molar-refractivity contribution in [3.8, 4) is 0 Å². The van der Waals surface area contributed by atoms with Crippen LogP contribution in [0.1, 0.15) is 168 Å². The first-order valence-electron chi connectivity index (χ1n) is 17.9. The molecule has 1 saturated heterocycles. The van der Waals surface area contributed by atoms with Gasteiger partial charge in [-0.25, -0.2) is 4.98 Å². The van der Waals surface area contributed by atoms with Gasteiger partial charge in [-0.2, -0.15) is 0 Å². The van der Waals surface area contributed by atoms with Gasteiger partial charge < -0.3 is 14.2 Å². The van der Waals surface area contributed by atoms with Crippen molar-refractivity contribution in [1.82, 2.24) is 14.5 Å². The number of hydrogen-bond donors (Lipinski definition) is 0. The molecular formula is C39H71N3O3. The second kappa shape index (κ2) is 14.5. The van der Waals surface area contributed by atoms with Gasteiger partial charge in [-0.1, -0.05) is 103 Å². The molecule has 3 atom stereocenters. The maximum atomic E-state index is 13.6. The number of carbonyl (C=O) groups is 2. The lowest BCUT2D eigenvalue weighted by Crippen LogP contribution is -2.56. The standard InChI is InChI=1S/C39H71N3O3/c1-16-39(17-2,27-32(35(7,8)9)45-29(3)43)38(14,15)30(41-24-22-40-28-41)26-36(10,11)37(12,13)31(25-34(4,5)6)42-23-20-18-19-21-33(42)44/h22,24,28,30-32H,16-21,23,25-27H2,1-15H3. The summed E-state index contributed by atoms with van der Waals surface area (Å²) in [5.74, 6) is 0.114. The first-order chi connectivity index (χ1) is 20.5. The third kappa shape index (κ3) is 9.15. The summed E-state index contributed by atoms with van der Waals surface area (Å²) in [5.41, 5.74) is -0.654. The highest BCUT2D eigenvalue weighted by molar-refractivity contribution is 5.76. The zero-order chi connectivity index (χ0) is 34.6. The molecule has 1 fully saturated rings. The van der Waals surface area contributed by atoms with Crippen LogP contribution in [-0.2, 0) is 14.3 Å². The number of likely N-dealkylation sites (tertiary alicyclic amines) is 1. The molecule has 0 N–H and O–H groups in total. The van der Waals surface area contributed by atoms with Crippen LogP contribution in [0, 0.1) is 32.5 Å². The molecule has 1 amide bonds. The molecule has 2 rings (SSSR count). The third-order valence-electron chi connectivity index (χ3n) is 12.4. The van der Waals surface area contributed by atoms with Crippen LogP contribution in [-0.4, -0.2) is 45.0 Å². The van der Waals surface area contributed by atoms with Crippen molar-refractivity contribution in [2.75, 3.05) is 6.54 Å². The number of esters is 1. The molecule has 0 saturated carbocycles. The van der Waals surface area contributed by atoms with E-state index in [4.69, 9.17) is 4.74 Å². The smallest absolute Gasteiger partial charge is 0.302 e. The molecule has 0 aliphatic carbocycles. The average Bonchev–Trinajstić information content (AvgIpc) is 3.35. The van der Waals surface area contributed by atoms with Gasteiger partial charge in [0, 0.05) is 44.4 Å². The Bertz CT molecular complexity index is 1080. The number of carbonyl (C=O) groups excluding carboxylic acids is 2. The van der Waals surface area contributed by atoms with Crippen molar-refractivity contribution in [2.24, 2.45) is 32.5 Å². The molecule has 1 aliphatic rings. The van der Waals surface area contributed by atoms with Crippen LogP contribution in [0.3, 0.4) is 0 Å². The van der Waals surface area contributed by atoms with Crippen LogP contribution >= 0.6 is 0 Å². The lowest BCUT2D eigenvalue weighted by atomic mass is 9.51. The van der Waals surface area contributed by atoms with E-state index in [0.717, 1.165) is 57.9 Å². The Morgan fingerprint density at radius 3 is 1.91 bits per heavy atom. The molecule has 2 heterocycles. The highest BCUT2D eigenvalue weighted by atomic mass is 16.5. The van der Waals surface area contributed by atoms with Gasteiger partial charge in [-0.05, 0) is 77.4 Å². The Morgan fingerprint density at radius 2 is 1.44 bits per heavy atom. The molecule has 6 heteroatoms. The van der Waals surface area contributed by atoms with E-state index in [1.807, 2.05) is 12.5 Å². The normalized spacial score (nSPS) is 18.4. The lowest BCUT2D eigenvalue weighted by molar-refractivity contribution is -0.159. The first kappa shape index (κ1) is 39.3. The molecule has 260 valence electrons. The van der Waals surface area contributed by atoms with E-state index >= 15 is 0 Å². The number of imidazole rings is 1. The Kier molecular flexibility index (Phi) is 12.7. The summed E-state index contributed by atoms with van der Waals surface area (Å²) in [7, 11) is 0. The molecule has 1 aromatic rings. The molecule has 0 bridgehead atoms. The average molecular weight is 630 g/mol. The van der Waals surface area contributed by atoms with Gasteiger partial charge in [0.05, 0.1) is 6.33 Å². The van der Waals surface area contributed by atoms with E-state index < -0.39 is 0 Å². The molecule has 0 spiro atoms. The molecule has 3 unspecified atom stereocenters. The molecular weight excluding hydrogens is 558 g/mol. The van der Waals surface area contributed by atoms with Gasteiger partial charge in [-0.15, -0.1) is 0 Å². The fraction of sp³-hybridized carbons (Fsp3) is 0.872. The summed E-state index contributed by atoms with van der Waals surface area (Å²) in [6.07, 6.45) is 14.4. The van der Waals surface area contributed by atoms with Crippen molar-refractivity contribution >= 4 is 11.9 Å². The van der Waals surface area contributed by atoms with E-state index in [0.29, 0.717) is 12.3 Å². The Labute approximate surface area is 277 Å². The molecule has 1 aromatic heterocycles. The minimum Gasteiger partial charge on any atom is -0.462 e. The van der Waals surface area contributed by atoms with Crippen molar-refractivity contribution in [3.63, 3.8) is 0 Å². The molecule has 45 heavy (non-hydrogen) atoms. The van der Waals surface area contributed by atoms with Gasteiger partial charge in [0.25, 0.3) is 0 Å². The second-order valence-electron chi connectivity index (χ2n) is 18.4. The number of hydrogen-bond acceptors (Lipinski definition) is 4. The van der Waals surface area contributed by atoms with Crippen molar-refractivity contribution in [2.45, 2.75) is 180 Å². The van der Waals surface area contributed by atoms with Gasteiger partial charge >= 0.3 is 5.97 Å². The Morgan fingerprint density at radius 1 is 0.844 bits per heavy atom. The van der Waals surface area contributed by atoms with Gasteiger partial charge in [-0.3, -0.25) is 9.59 Å². The second-order valence-corrected chi connectivity index (χ2v) is 18.4. The van der Waals surface area contributed by atoms with Gasteiger partial charge in [0.2, 0.25) is 5.91 Å². The van der Waals surface area contributed by atoms with E-state index in [9.17, 15) is 9.59 Å². The largest absolute Gasteiger partial charge is 0.462 e. The lowest BCUT2D eigenvalue weighted by Gasteiger charge is -2.57. The van der Waals surface area contributed by atoms with Gasteiger partial charge in [0.1, 0.15) is 6.10 Å². The number of rotatable bonds is 14. The third-order valence-corrected chi connectivity index (χ3v) is 12.4. The van der Waals surface area contributed by atoms with Crippen LogP contribution < -0.4 is 0 Å². The van der Waals surface area contributed by atoms with Crippen LogP contribution in [0.15, 0.2) is 18.7 Å². The summed E-state index contributed by atoms with van der Waals surface area (Å²) in [6, 6.07) is 0.281. The SMILES string of the molecule is CCC(CC)(CC(OC(C)=O)C(C)(C)C)C(C)(C)C(CC(C)(C)C(C)(C)C(CC(C)(C)C)N1CCCCCC1=O)n1ccnc1. The van der Waals surface area contributed by atoms with Crippen LogP contribution in [0.4, 0.5) is 0 Å². The van der Waals surface area contributed by atoms with Crippen molar-refractivity contribution in [3.05, 3.63) is 18.7 Å². The number of nitrogens with zero attached hydrogens (tertiary/aromatic N) is 3. The summed E-state index contributed by atoms with van der Waals surface area (Å²) in [5, 5.41) is 0. The quantitative estimate of drug-likeness (QED) is 0.192. The molecule has 0 aromatic carbocycles. The monoisotopic (exact) mass is 630 g/mol. The van der Waals surface area contributed by atoms with E-state index in [2.05, 4.69) is 118 Å². The number of ether oxygens (including phenoxy) is 1. The van der Waals surface area contributed by atoms with Crippen molar-refractivity contribution in [1.29, 1.82) is 0 Å². The van der Waals surface area contributed by atoms with Crippen LogP contribution in [0.2, 0.25) is 0 Å². The van der Waals surface area contributed by atoms with E-state index in [1.54, 1.807) is 0 Å². The van der Waals surface area contributed by atoms with E-state index in [-0.39, 0.29) is 56.6 Å². The zero-order valence-electron chi connectivity index (χ0n) is 32.1. The van der Waals surface area contributed by atoms with Gasteiger partial charge in [0.15, 0.2) is 0 Å². The van der Waals surface area contributed by atoms with Crippen LogP contribution in [0.25, 0.3) is 0 Å². The molecule has 0 radical (unpaired) electrons. The molecule has 1 aliphatic heterocycles. The molecule has 6 nitrogen and oxygen atoms in total. The maximum absolute atomic E-state index is 13.6. The summed E-state index contributed by atoms with van der Waals surface area (Å²) in [6.45, 7) is 35.1. The predicted molar refractivity (Wildman–Crippen MR) is 188 cm³/mol. The maximum Gasteiger partial charge on any atom is 0.302 e. The minimum atomic E-state index is -0.212. The first-order valence-corrected chi connectivity index (χ1v) is 17.9. The summed E-state index contributed by atoms with van der Waals surface area (Å²) in [4.78, 5) is 32.7. The Hall–Kier alpha value is -1.85. The van der Waals surface area contributed by atoms with E-state index in [1.165, 1.54) is 6.92 Å². The highest BCUT2D eigenvalue weighted by Gasteiger charge is 2.54. The predicted octanol–water partition coefficient (Wildman–Crippen LogP) is 10.3. The topological polar surface area (TPSA) is 64.4 Å². The van der Waals surface area contributed by atoms with Crippen LogP contribution in [0.5, 0.6) is 0 Å². The summed E-state index contributed by atoms with van der Waals surface area (Å²) >= 11 is 0. The Balaban J connectivity index is 2.68. The zero-order valence-corrected chi connectivity index (χ0v) is 32.1. The summed E-state index contributed by atoms with van der Waals surface area (Å²) < 4.78 is 8.40. The van der Waals surface area contributed by atoms with Crippen molar-refractivity contribution < 1.29 is 14.3 Å². The fourth-order valence-corrected chi connectivity index (χ4v) is 8.20. The number of amides is 1. The number of aromatic nitrogens is 2.